The molecule has 2 N–H and O–H groups in total. The minimum Gasteiger partial charge on any atom is -0.390 e. The zero-order valence-electron chi connectivity index (χ0n) is 15.2. The lowest BCUT2D eigenvalue weighted by Gasteiger charge is -2.28. The van der Waals surface area contributed by atoms with Gasteiger partial charge in [-0.05, 0) is 19.1 Å². The highest BCUT2D eigenvalue weighted by atomic mass is 19.1. The van der Waals surface area contributed by atoms with E-state index in [-0.39, 0.29) is 31.0 Å². The van der Waals surface area contributed by atoms with Crippen LogP contribution in [0.5, 0.6) is 0 Å². The highest BCUT2D eigenvalue weighted by molar-refractivity contribution is 5.94. The van der Waals surface area contributed by atoms with Crippen molar-refractivity contribution in [1.29, 1.82) is 0 Å². The molecule has 2 heterocycles. The number of aliphatic hydroxyl groups is 1. The SMILES string of the molecule is CCn1nc(CO)c2c1CCN(C(=O)CCNC(=O)c1ccccc1F)C2. The fourth-order valence-corrected chi connectivity index (χ4v) is 3.35. The van der Waals surface area contributed by atoms with E-state index >= 15 is 0 Å². The van der Waals surface area contributed by atoms with E-state index < -0.39 is 11.7 Å². The third-order valence-corrected chi connectivity index (χ3v) is 4.76. The number of carbonyl (C=O) groups is 2. The maximum absolute atomic E-state index is 13.6. The maximum Gasteiger partial charge on any atom is 0.254 e. The summed E-state index contributed by atoms with van der Waals surface area (Å²) in [4.78, 5) is 26.2. The van der Waals surface area contributed by atoms with E-state index in [1.165, 1.54) is 18.2 Å². The average molecular weight is 374 g/mol. The molecule has 1 aliphatic rings. The number of aryl methyl sites for hydroxylation is 1. The summed E-state index contributed by atoms with van der Waals surface area (Å²) in [5.74, 6) is -1.22. The highest BCUT2D eigenvalue weighted by Crippen LogP contribution is 2.23. The molecular weight excluding hydrogens is 351 g/mol. The molecule has 1 aromatic carbocycles. The van der Waals surface area contributed by atoms with E-state index in [1.54, 1.807) is 11.0 Å². The molecule has 8 heteroatoms. The van der Waals surface area contributed by atoms with Gasteiger partial charge >= 0.3 is 0 Å². The van der Waals surface area contributed by atoms with Crippen LogP contribution in [-0.4, -0.2) is 44.7 Å². The van der Waals surface area contributed by atoms with Gasteiger partial charge in [0.15, 0.2) is 0 Å². The minimum absolute atomic E-state index is 0.0351. The molecule has 27 heavy (non-hydrogen) atoms. The summed E-state index contributed by atoms with van der Waals surface area (Å²) in [6.45, 7) is 3.67. The van der Waals surface area contributed by atoms with E-state index in [4.69, 9.17) is 0 Å². The normalized spacial score (nSPS) is 13.4. The zero-order chi connectivity index (χ0) is 19.4. The number of rotatable bonds is 6. The topological polar surface area (TPSA) is 87.5 Å². The summed E-state index contributed by atoms with van der Waals surface area (Å²) in [7, 11) is 0. The first kappa shape index (κ1) is 19.0. The summed E-state index contributed by atoms with van der Waals surface area (Å²) >= 11 is 0. The number of aromatic nitrogens is 2. The molecule has 1 aliphatic heterocycles. The maximum atomic E-state index is 13.6. The van der Waals surface area contributed by atoms with Gasteiger partial charge in [-0.25, -0.2) is 4.39 Å². The van der Waals surface area contributed by atoms with Crippen molar-refractivity contribution in [3.05, 3.63) is 52.6 Å². The van der Waals surface area contributed by atoms with Gasteiger partial charge in [0.2, 0.25) is 5.91 Å². The van der Waals surface area contributed by atoms with Crippen LogP contribution in [0.1, 0.15) is 40.7 Å². The Balaban J connectivity index is 1.56. The van der Waals surface area contributed by atoms with E-state index in [0.717, 1.165) is 17.8 Å². The van der Waals surface area contributed by atoms with Crippen molar-refractivity contribution < 1.29 is 19.1 Å². The summed E-state index contributed by atoms with van der Waals surface area (Å²) in [6.07, 6.45) is 0.815. The van der Waals surface area contributed by atoms with Crippen molar-refractivity contribution in [2.75, 3.05) is 13.1 Å². The molecule has 0 radical (unpaired) electrons. The number of nitrogens with one attached hydrogen (secondary N) is 1. The third-order valence-electron chi connectivity index (χ3n) is 4.76. The summed E-state index contributed by atoms with van der Waals surface area (Å²) in [5, 5.41) is 16.5. The van der Waals surface area contributed by atoms with Crippen molar-refractivity contribution in [3.63, 3.8) is 0 Å². The largest absolute Gasteiger partial charge is 0.390 e. The number of aliphatic hydroxyl groups excluding tert-OH is 1. The van der Waals surface area contributed by atoms with Crippen LogP contribution in [0.4, 0.5) is 4.39 Å². The molecule has 3 rings (SSSR count). The van der Waals surface area contributed by atoms with Gasteiger partial charge in [-0.15, -0.1) is 0 Å². The molecule has 0 saturated heterocycles. The monoisotopic (exact) mass is 374 g/mol. The van der Waals surface area contributed by atoms with Crippen LogP contribution in [0, 0.1) is 5.82 Å². The van der Waals surface area contributed by atoms with Gasteiger partial charge in [0, 0.05) is 50.3 Å². The van der Waals surface area contributed by atoms with Gasteiger partial charge in [-0.3, -0.25) is 14.3 Å². The van der Waals surface area contributed by atoms with Crippen LogP contribution in [0.25, 0.3) is 0 Å². The van der Waals surface area contributed by atoms with Gasteiger partial charge in [0.1, 0.15) is 5.82 Å². The minimum atomic E-state index is -0.589. The quantitative estimate of drug-likeness (QED) is 0.796. The Hall–Kier alpha value is -2.74. The lowest BCUT2D eigenvalue weighted by molar-refractivity contribution is -0.132. The van der Waals surface area contributed by atoms with Crippen molar-refractivity contribution in [1.82, 2.24) is 20.0 Å². The molecule has 2 amide bonds. The molecular formula is C19H23FN4O3. The van der Waals surface area contributed by atoms with E-state index in [2.05, 4.69) is 10.4 Å². The summed E-state index contributed by atoms with van der Waals surface area (Å²) < 4.78 is 15.5. The first-order valence-electron chi connectivity index (χ1n) is 9.04. The van der Waals surface area contributed by atoms with Crippen LogP contribution in [0.15, 0.2) is 24.3 Å². The van der Waals surface area contributed by atoms with Gasteiger partial charge in [0.25, 0.3) is 5.91 Å². The number of carbonyl (C=O) groups excluding carboxylic acids is 2. The molecule has 1 aromatic heterocycles. The predicted octanol–water partition coefficient (Wildman–Crippen LogP) is 1.24. The first-order chi connectivity index (χ1) is 13.0. The van der Waals surface area contributed by atoms with Crippen LogP contribution in [-0.2, 0) is 30.9 Å². The lowest BCUT2D eigenvalue weighted by Crippen LogP contribution is -2.38. The van der Waals surface area contributed by atoms with Crippen molar-refractivity contribution in [2.24, 2.45) is 0 Å². The van der Waals surface area contributed by atoms with E-state index in [1.807, 2.05) is 11.6 Å². The molecule has 0 aliphatic carbocycles. The molecule has 7 nitrogen and oxygen atoms in total. The molecule has 2 aromatic rings. The fourth-order valence-electron chi connectivity index (χ4n) is 3.35. The van der Waals surface area contributed by atoms with Gasteiger partial charge in [-0.1, -0.05) is 12.1 Å². The third kappa shape index (κ3) is 4.00. The van der Waals surface area contributed by atoms with E-state index in [0.29, 0.717) is 25.2 Å². The molecule has 0 saturated carbocycles. The summed E-state index contributed by atoms with van der Waals surface area (Å²) in [6, 6.07) is 5.73. The molecule has 0 unspecified atom stereocenters. The number of benzene rings is 1. The number of hydrogen-bond acceptors (Lipinski definition) is 4. The predicted molar refractivity (Wildman–Crippen MR) is 96.3 cm³/mol. The van der Waals surface area contributed by atoms with Crippen molar-refractivity contribution in [2.45, 2.75) is 39.5 Å². The Morgan fingerprint density at radius 2 is 2.11 bits per heavy atom. The second-order valence-electron chi connectivity index (χ2n) is 6.40. The van der Waals surface area contributed by atoms with Crippen LogP contribution < -0.4 is 5.32 Å². The number of halogens is 1. The Morgan fingerprint density at radius 3 is 2.81 bits per heavy atom. The van der Waals surface area contributed by atoms with Gasteiger partial charge in [0.05, 0.1) is 17.9 Å². The summed E-state index contributed by atoms with van der Waals surface area (Å²) in [5.41, 5.74) is 2.55. The number of amides is 2. The van der Waals surface area contributed by atoms with Crippen molar-refractivity contribution >= 4 is 11.8 Å². The number of fused-ring (bicyclic) bond motifs is 1. The number of hydrogen-bond donors (Lipinski definition) is 2. The standard InChI is InChI=1S/C19H23FN4O3/c1-2-24-17-8-10-23(11-14(17)16(12-25)22-24)18(26)7-9-21-19(27)13-5-3-4-6-15(13)20/h3-6,25H,2,7-12H2,1H3,(H,21,27). The fraction of sp³-hybridized carbons (Fsp3) is 0.421. The smallest absolute Gasteiger partial charge is 0.254 e. The highest BCUT2D eigenvalue weighted by Gasteiger charge is 2.26. The van der Waals surface area contributed by atoms with Gasteiger partial charge < -0.3 is 15.3 Å². The van der Waals surface area contributed by atoms with E-state index in [9.17, 15) is 19.1 Å². The van der Waals surface area contributed by atoms with Crippen molar-refractivity contribution in [3.8, 4) is 0 Å². The molecule has 144 valence electrons. The van der Waals surface area contributed by atoms with Crippen LogP contribution >= 0.6 is 0 Å². The Kier molecular flexibility index (Phi) is 5.85. The zero-order valence-corrected chi connectivity index (χ0v) is 15.2. The van der Waals surface area contributed by atoms with Crippen LogP contribution in [0.2, 0.25) is 0 Å². The number of nitrogens with zero attached hydrogens (tertiary/aromatic N) is 3. The van der Waals surface area contributed by atoms with Gasteiger partial charge in [-0.2, -0.15) is 5.10 Å². The Morgan fingerprint density at radius 1 is 1.33 bits per heavy atom. The molecule has 0 fully saturated rings. The average Bonchev–Trinajstić information content (AvgIpc) is 3.05. The first-order valence-corrected chi connectivity index (χ1v) is 9.04. The molecule has 0 spiro atoms. The molecule has 0 bridgehead atoms. The Bertz CT molecular complexity index is 849. The Labute approximate surface area is 156 Å². The molecule has 0 atom stereocenters. The second-order valence-corrected chi connectivity index (χ2v) is 6.40. The second kappa shape index (κ2) is 8.30. The van der Waals surface area contributed by atoms with Crippen LogP contribution in [0.3, 0.4) is 0 Å². The lowest BCUT2D eigenvalue weighted by atomic mass is 10.0.